The van der Waals surface area contributed by atoms with Gasteiger partial charge in [-0.05, 0) is 30.7 Å². The molecule has 0 spiro atoms. The van der Waals surface area contributed by atoms with E-state index >= 15 is 0 Å². The van der Waals surface area contributed by atoms with Crippen LogP contribution in [0.5, 0.6) is 5.75 Å². The van der Waals surface area contributed by atoms with Crippen LogP contribution >= 0.6 is 0 Å². The van der Waals surface area contributed by atoms with Gasteiger partial charge in [-0.25, -0.2) is 4.79 Å². The number of rotatable bonds is 4. The molecule has 0 atom stereocenters. The van der Waals surface area contributed by atoms with Gasteiger partial charge in [0.1, 0.15) is 5.52 Å². The summed E-state index contributed by atoms with van der Waals surface area (Å²) in [6, 6.07) is 9.43. The van der Waals surface area contributed by atoms with Crippen LogP contribution in [0.3, 0.4) is 0 Å². The normalized spacial score (nSPS) is 10.5. The molecule has 0 fully saturated rings. The molecule has 3 aromatic rings. The number of nitro benzene ring substituents is 2. The van der Waals surface area contributed by atoms with Gasteiger partial charge in [0, 0.05) is 29.8 Å². The Morgan fingerprint density at radius 1 is 1.08 bits per heavy atom. The SMILES string of the molecule is Cc1cc([N+](=O)[O-])c(OC(=O)c2ccc([N+](=O)[O-])cc2)c2ncccc12. The van der Waals surface area contributed by atoms with Crippen molar-refractivity contribution in [1.82, 2.24) is 4.98 Å². The first-order valence-electron chi connectivity index (χ1n) is 7.38. The standard InChI is InChI=1S/C17H11N3O6/c1-10-9-14(20(24)25)16(15-13(10)3-2-8-18-15)26-17(21)11-4-6-12(7-5-11)19(22)23/h2-9H,1H3. The van der Waals surface area contributed by atoms with Crippen molar-refractivity contribution in [2.24, 2.45) is 0 Å². The number of non-ortho nitro benzene ring substituents is 1. The summed E-state index contributed by atoms with van der Waals surface area (Å²) < 4.78 is 5.25. The van der Waals surface area contributed by atoms with E-state index in [1.54, 1.807) is 19.1 Å². The lowest BCUT2D eigenvalue weighted by atomic mass is 10.1. The predicted octanol–water partition coefficient (Wildman–Crippen LogP) is 3.58. The fourth-order valence-electron chi connectivity index (χ4n) is 2.48. The molecular formula is C17H11N3O6. The Hall–Kier alpha value is -3.88. The van der Waals surface area contributed by atoms with E-state index in [0.717, 1.165) is 12.1 Å². The largest absolute Gasteiger partial charge is 0.413 e. The maximum absolute atomic E-state index is 12.4. The molecule has 0 aliphatic heterocycles. The minimum atomic E-state index is -0.876. The molecule has 0 amide bonds. The highest BCUT2D eigenvalue weighted by molar-refractivity contribution is 5.97. The maximum atomic E-state index is 12.4. The lowest BCUT2D eigenvalue weighted by molar-refractivity contribution is -0.385. The summed E-state index contributed by atoms with van der Waals surface area (Å²) in [5, 5.41) is 22.7. The van der Waals surface area contributed by atoms with Gasteiger partial charge in [0.2, 0.25) is 5.75 Å². The zero-order valence-corrected chi connectivity index (χ0v) is 13.4. The summed E-state index contributed by atoms with van der Waals surface area (Å²) in [5.41, 5.74) is 0.262. The topological polar surface area (TPSA) is 125 Å². The molecule has 0 saturated carbocycles. The van der Waals surface area contributed by atoms with Gasteiger partial charge in [-0.2, -0.15) is 0 Å². The molecule has 9 heteroatoms. The molecular weight excluding hydrogens is 342 g/mol. The molecule has 9 nitrogen and oxygen atoms in total. The molecule has 0 unspecified atom stereocenters. The number of benzene rings is 2. The summed E-state index contributed by atoms with van der Waals surface area (Å²) in [6.07, 6.45) is 1.44. The number of carbonyl (C=O) groups excluding carboxylic acids is 1. The van der Waals surface area contributed by atoms with Crippen LogP contribution in [0.1, 0.15) is 15.9 Å². The number of aryl methyl sites for hydroxylation is 1. The highest BCUT2D eigenvalue weighted by Gasteiger charge is 2.24. The zero-order chi connectivity index (χ0) is 18.8. The molecule has 26 heavy (non-hydrogen) atoms. The van der Waals surface area contributed by atoms with Crippen LogP contribution in [0.2, 0.25) is 0 Å². The molecule has 2 aromatic carbocycles. The Morgan fingerprint density at radius 3 is 2.38 bits per heavy atom. The number of nitrogens with zero attached hydrogens (tertiary/aromatic N) is 3. The van der Waals surface area contributed by atoms with Gasteiger partial charge >= 0.3 is 11.7 Å². The summed E-state index contributed by atoms with van der Waals surface area (Å²) in [7, 11) is 0. The Morgan fingerprint density at radius 2 is 1.77 bits per heavy atom. The number of hydrogen-bond acceptors (Lipinski definition) is 7. The maximum Gasteiger partial charge on any atom is 0.343 e. The van der Waals surface area contributed by atoms with Crippen LogP contribution in [0.4, 0.5) is 11.4 Å². The number of fused-ring (bicyclic) bond motifs is 1. The number of pyridine rings is 1. The van der Waals surface area contributed by atoms with Gasteiger partial charge in [0.25, 0.3) is 5.69 Å². The number of nitro groups is 2. The van der Waals surface area contributed by atoms with E-state index in [1.807, 2.05) is 0 Å². The molecule has 0 aliphatic rings. The van der Waals surface area contributed by atoms with E-state index in [9.17, 15) is 25.0 Å². The second-order valence-electron chi connectivity index (χ2n) is 5.39. The first-order chi connectivity index (χ1) is 12.4. The fourth-order valence-corrected chi connectivity index (χ4v) is 2.48. The van der Waals surface area contributed by atoms with E-state index in [2.05, 4.69) is 4.98 Å². The lowest BCUT2D eigenvalue weighted by Crippen LogP contribution is -2.11. The van der Waals surface area contributed by atoms with E-state index < -0.39 is 15.8 Å². The van der Waals surface area contributed by atoms with Crippen molar-refractivity contribution < 1.29 is 19.4 Å². The first kappa shape index (κ1) is 17.0. The van der Waals surface area contributed by atoms with Crippen molar-refractivity contribution in [1.29, 1.82) is 0 Å². The van der Waals surface area contributed by atoms with Crippen molar-refractivity contribution >= 4 is 28.2 Å². The first-order valence-corrected chi connectivity index (χ1v) is 7.38. The zero-order valence-electron chi connectivity index (χ0n) is 13.4. The molecule has 0 N–H and O–H groups in total. The van der Waals surface area contributed by atoms with Crippen LogP contribution in [0.25, 0.3) is 10.9 Å². The van der Waals surface area contributed by atoms with Gasteiger partial charge < -0.3 is 4.74 Å². The number of aromatic nitrogens is 1. The minimum absolute atomic E-state index is 0.0227. The average Bonchev–Trinajstić information content (AvgIpc) is 2.63. The number of ether oxygens (including phenoxy) is 1. The van der Waals surface area contributed by atoms with Crippen LogP contribution in [-0.2, 0) is 0 Å². The summed E-state index contributed by atoms with van der Waals surface area (Å²) in [4.78, 5) is 37.2. The van der Waals surface area contributed by atoms with E-state index in [0.29, 0.717) is 10.9 Å². The minimum Gasteiger partial charge on any atom is -0.413 e. The van der Waals surface area contributed by atoms with Gasteiger partial charge in [0.15, 0.2) is 0 Å². The number of esters is 1. The number of hydrogen-bond donors (Lipinski definition) is 0. The smallest absolute Gasteiger partial charge is 0.343 e. The summed E-state index contributed by atoms with van der Waals surface area (Å²) in [6.45, 7) is 1.69. The van der Waals surface area contributed by atoms with E-state index in [4.69, 9.17) is 4.74 Å². The molecule has 0 aliphatic carbocycles. The molecule has 0 radical (unpaired) electrons. The second-order valence-corrected chi connectivity index (χ2v) is 5.39. The predicted molar refractivity (Wildman–Crippen MR) is 91.2 cm³/mol. The third kappa shape index (κ3) is 3.05. The van der Waals surface area contributed by atoms with Crippen LogP contribution in [0.15, 0.2) is 48.7 Å². The third-order valence-corrected chi connectivity index (χ3v) is 3.74. The van der Waals surface area contributed by atoms with Crippen molar-refractivity contribution in [2.75, 3.05) is 0 Å². The van der Waals surface area contributed by atoms with Crippen molar-refractivity contribution in [2.45, 2.75) is 6.92 Å². The monoisotopic (exact) mass is 353 g/mol. The Labute approximate surface area is 146 Å². The summed E-state index contributed by atoms with van der Waals surface area (Å²) >= 11 is 0. The van der Waals surface area contributed by atoms with Gasteiger partial charge in [-0.3, -0.25) is 25.2 Å². The molecule has 130 valence electrons. The van der Waals surface area contributed by atoms with E-state index in [1.165, 1.54) is 24.4 Å². The Kier molecular flexibility index (Phi) is 4.27. The van der Waals surface area contributed by atoms with Crippen molar-refractivity contribution in [3.05, 3.63) is 80.0 Å². The quantitative estimate of drug-likeness (QED) is 0.304. The molecule has 0 saturated heterocycles. The summed E-state index contributed by atoms with van der Waals surface area (Å²) in [5.74, 6) is -1.14. The van der Waals surface area contributed by atoms with Crippen molar-refractivity contribution in [3.8, 4) is 5.75 Å². The average molecular weight is 353 g/mol. The second kappa shape index (κ2) is 6.55. The van der Waals surface area contributed by atoms with Crippen molar-refractivity contribution in [3.63, 3.8) is 0 Å². The van der Waals surface area contributed by atoms with Crippen LogP contribution < -0.4 is 4.74 Å². The highest BCUT2D eigenvalue weighted by atomic mass is 16.6. The Bertz CT molecular complexity index is 1050. The molecule has 1 aromatic heterocycles. The van der Waals surface area contributed by atoms with Gasteiger partial charge in [0.05, 0.1) is 15.4 Å². The lowest BCUT2D eigenvalue weighted by Gasteiger charge is -2.09. The fraction of sp³-hybridized carbons (Fsp3) is 0.0588. The number of carbonyl (C=O) groups is 1. The Balaban J connectivity index is 2.06. The van der Waals surface area contributed by atoms with Crippen LogP contribution in [-0.4, -0.2) is 20.8 Å². The highest BCUT2D eigenvalue weighted by Crippen LogP contribution is 2.36. The molecule has 0 bridgehead atoms. The molecule has 3 rings (SSSR count). The van der Waals surface area contributed by atoms with Gasteiger partial charge in [-0.15, -0.1) is 0 Å². The van der Waals surface area contributed by atoms with Crippen LogP contribution in [0, 0.1) is 27.2 Å². The third-order valence-electron chi connectivity index (χ3n) is 3.74. The van der Waals surface area contributed by atoms with Gasteiger partial charge in [-0.1, -0.05) is 6.07 Å². The van der Waals surface area contributed by atoms with E-state index in [-0.39, 0.29) is 28.2 Å². The molecule has 1 heterocycles.